The molecule has 5 heteroatoms. The Labute approximate surface area is 99.2 Å². The Morgan fingerprint density at radius 3 is 2.81 bits per heavy atom. The van der Waals surface area contributed by atoms with Gasteiger partial charge in [-0.1, -0.05) is 18.5 Å². The van der Waals surface area contributed by atoms with E-state index in [9.17, 15) is 4.79 Å². The van der Waals surface area contributed by atoms with E-state index in [0.29, 0.717) is 11.4 Å². The standard InChI is InChI=1S/C11H12ClN3O/c1-3-11(2,7-13)15-10(16)9-5-4-8(12)6-14-9/h4-6H,3H2,1-2H3,(H,15,16). The minimum absolute atomic E-state index is 0.249. The van der Waals surface area contributed by atoms with Crippen LogP contribution in [0.4, 0.5) is 0 Å². The number of hydrogen-bond donors (Lipinski definition) is 1. The first kappa shape index (κ1) is 12.5. The summed E-state index contributed by atoms with van der Waals surface area (Å²) < 4.78 is 0. The van der Waals surface area contributed by atoms with Gasteiger partial charge in [0, 0.05) is 6.20 Å². The maximum atomic E-state index is 11.7. The molecule has 1 rings (SSSR count). The van der Waals surface area contributed by atoms with Gasteiger partial charge in [0.25, 0.3) is 5.91 Å². The third-order valence-corrected chi connectivity index (χ3v) is 2.53. The molecule has 0 aliphatic carbocycles. The molecule has 0 saturated heterocycles. The van der Waals surface area contributed by atoms with E-state index >= 15 is 0 Å². The first-order valence-corrected chi connectivity index (χ1v) is 5.24. The molecule has 0 radical (unpaired) electrons. The molecule has 0 spiro atoms. The van der Waals surface area contributed by atoms with Gasteiger partial charge < -0.3 is 5.32 Å². The zero-order valence-electron chi connectivity index (χ0n) is 9.12. The SMILES string of the molecule is CCC(C)(C#N)NC(=O)c1ccc(Cl)cn1. The lowest BCUT2D eigenvalue weighted by Gasteiger charge is -2.20. The Kier molecular flexibility index (Phi) is 3.86. The quantitative estimate of drug-likeness (QED) is 0.876. The van der Waals surface area contributed by atoms with Gasteiger partial charge >= 0.3 is 0 Å². The molecule has 0 bridgehead atoms. The summed E-state index contributed by atoms with van der Waals surface area (Å²) in [6.45, 7) is 3.50. The number of carbonyl (C=O) groups excluding carboxylic acids is 1. The van der Waals surface area contributed by atoms with E-state index < -0.39 is 5.54 Å². The van der Waals surface area contributed by atoms with Crippen molar-refractivity contribution in [2.45, 2.75) is 25.8 Å². The second-order valence-corrected chi connectivity index (χ2v) is 4.05. The Morgan fingerprint density at radius 2 is 2.38 bits per heavy atom. The van der Waals surface area contributed by atoms with Crippen molar-refractivity contribution in [1.82, 2.24) is 10.3 Å². The zero-order valence-corrected chi connectivity index (χ0v) is 9.88. The summed E-state index contributed by atoms with van der Waals surface area (Å²) >= 11 is 5.66. The van der Waals surface area contributed by atoms with Crippen molar-refractivity contribution in [3.05, 3.63) is 29.0 Å². The molecular weight excluding hydrogens is 226 g/mol. The predicted octanol–water partition coefficient (Wildman–Crippen LogP) is 2.16. The highest BCUT2D eigenvalue weighted by molar-refractivity contribution is 6.30. The second kappa shape index (κ2) is 4.95. The molecule has 0 aliphatic rings. The normalized spacial score (nSPS) is 13.6. The van der Waals surface area contributed by atoms with Crippen LogP contribution in [-0.4, -0.2) is 16.4 Å². The number of aromatic nitrogens is 1. The van der Waals surface area contributed by atoms with Crippen molar-refractivity contribution in [2.24, 2.45) is 0 Å². The molecular formula is C11H12ClN3O. The Balaban J connectivity index is 2.81. The van der Waals surface area contributed by atoms with Crippen LogP contribution in [0, 0.1) is 11.3 Å². The summed E-state index contributed by atoms with van der Waals surface area (Å²) in [6, 6.07) is 5.16. The van der Waals surface area contributed by atoms with Crippen molar-refractivity contribution >= 4 is 17.5 Å². The molecule has 16 heavy (non-hydrogen) atoms. The zero-order chi connectivity index (χ0) is 12.2. The number of hydrogen-bond acceptors (Lipinski definition) is 3. The largest absolute Gasteiger partial charge is 0.333 e. The lowest BCUT2D eigenvalue weighted by molar-refractivity contribution is 0.0918. The smallest absolute Gasteiger partial charge is 0.271 e. The number of amides is 1. The van der Waals surface area contributed by atoms with Gasteiger partial charge in [-0.3, -0.25) is 4.79 Å². The van der Waals surface area contributed by atoms with Crippen LogP contribution in [0.2, 0.25) is 5.02 Å². The highest BCUT2D eigenvalue weighted by Crippen LogP contribution is 2.10. The van der Waals surface area contributed by atoms with Gasteiger partial charge in [-0.15, -0.1) is 0 Å². The van der Waals surface area contributed by atoms with Crippen molar-refractivity contribution < 1.29 is 4.79 Å². The summed E-state index contributed by atoms with van der Waals surface area (Å²) in [7, 11) is 0. The second-order valence-electron chi connectivity index (χ2n) is 3.61. The molecule has 0 aromatic carbocycles. The van der Waals surface area contributed by atoms with Crippen LogP contribution in [0.25, 0.3) is 0 Å². The molecule has 4 nitrogen and oxygen atoms in total. The van der Waals surface area contributed by atoms with Gasteiger partial charge in [0.15, 0.2) is 0 Å². The van der Waals surface area contributed by atoms with Crippen LogP contribution in [-0.2, 0) is 0 Å². The van der Waals surface area contributed by atoms with Crippen LogP contribution in [0.5, 0.6) is 0 Å². The van der Waals surface area contributed by atoms with Crippen LogP contribution < -0.4 is 5.32 Å². The van der Waals surface area contributed by atoms with Crippen molar-refractivity contribution in [3.63, 3.8) is 0 Å². The third-order valence-electron chi connectivity index (χ3n) is 2.30. The van der Waals surface area contributed by atoms with Crippen molar-refractivity contribution in [2.75, 3.05) is 0 Å². The number of nitrogens with zero attached hydrogens (tertiary/aromatic N) is 2. The molecule has 1 amide bonds. The fourth-order valence-electron chi connectivity index (χ4n) is 1.02. The molecule has 84 valence electrons. The molecule has 1 N–H and O–H groups in total. The van der Waals surface area contributed by atoms with Gasteiger partial charge in [-0.05, 0) is 25.5 Å². The van der Waals surface area contributed by atoms with E-state index in [0.717, 1.165) is 0 Å². The van der Waals surface area contributed by atoms with Gasteiger partial charge in [0.2, 0.25) is 0 Å². The van der Waals surface area contributed by atoms with Crippen LogP contribution in [0.1, 0.15) is 30.8 Å². The summed E-state index contributed by atoms with van der Waals surface area (Å²) in [4.78, 5) is 15.6. The summed E-state index contributed by atoms with van der Waals surface area (Å²) in [5, 5.41) is 12.0. The fraction of sp³-hybridized carbons (Fsp3) is 0.364. The summed E-state index contributed by atoms with van der Waals surface area (Å²) in [5.74, 6) is -0.373. The van der Waals surface area contributed by atoms with E-state index in [1.807, 2.05) is 6.92 Å². The topological polar surface area (TPSA) is 65.8 Å². The lowest BCUT2D eigenvalue weighted by atomic mass is 10.0. The highest BCUT2D eigenvalue weighted by atomic mass is 35.5. The maximum absolute atomic E-state index is 11.7. The minimum Gasteiger partial charge on any atom is -0.333 e. The van der Waals surface area contributed by atoms with Crippen LogP contribution in [0.15, 0.2) is 18.3 Å². The number of pyridine rings is 1. The maximum Gasteiger partial charge on any atom is 0.271 e. The number of nitrogens with one attached hydrogen (secondary N) is 1. The molecule has 0 saturated carbocycles. The Bertz CT molecular complexity index is 424. The predicted molar refractivity (Wildman–Crippen MR) is 61.0 cm³/mol. The van der Waals surface area contributed by atoms with Crippen molar-refractivity contribution in [1.29, 1.82) is 5.26 Å². The minimum atomic E-state index is -0.863. The first-order valence-electron chi connectivity index (χ1n) is 4.86. The molecule has 1 atom stereocenters. The molecule has 1 unspecified atom stereocenters. The van der Waals surface area contributed by atoms with E-state index in [2.05, 4.69) is 16.4 Å². The molecule has 1 heterocycles. The summed E-state index contributed by atoms with van der Waals surface area (Å²) in [6.07, 6.45) is 1.93. The van der Waals surface area contributed by atoms with Crippen LogP contribution in [0.3, 0.4) is 0 Å². The number of carbonyl (C=O) groups is 1. The van der Waals surface area contributed by atoms with E-state index in [1.165, 1.54) is 12.3 Å². The van der Waals surface area contributed by atoms with E-state index in [1.54, 1.807) is 13.0 Å². The average Bonchev–Trinajstić information content (AvgIpc) is 2.29. The molecule has 1 aromatic rings. The Hall–Kier alpha value is -1.60. The van der Waals surface area contributed by atoms with E-state index in [-0.39, 0.29) is 11.6 Å². The lowest BCUT2D eigenvalue weighted by Crippen LogP contribution is -2.44. The number of rotatable bonds is 3. The van der Waals surface area contributed by atoms with Gasteiger partial charge in [0.05, 0.1) is 11.1 Å². The summed E-state index contributed by atoms with van der Waals surface area (Å²) in [5.41, 5.74) is -0.613. The fourth-order valence-corrected chi connectivity index (χ4v) is 1.13. The Morgan fingerprint density at radius 1 is 1.69 bits per heavy atom. The average molecular weight is 238 g/mol. The van der Waals surface area contributed by atoms with Gasteiger partial charge in [0.1, 0.15) is 11.2 Å². The highest BCUT2D eigenvalue weighted by Gasteiger charge is 2.24. The number of halogens is 1. The molecule has 0 fully saturated rings. The molecule has 1 aromatic heterocycles. The van der Waals surface area contributed by atoms with Gasteiger partial charge in [-0.25, -0.2) is 4.98 Å². The monoisotopic (exact) mass is 237 g/mol. The van der Waals surface area contributed by atoms with E-state index in [4.69, 9.17) is 16.9 Å². The van der Waals surface area contributed by atoms with Gasteiger partial charge in [-0.2, -0.15) is 5.26 Å². The van der Waals surface area contributed by atoms with Crippen molar-refractivity contribution in [3.8, 4) is 6.07 Å². The number of nitriles is 1. The van der Waals surface area contributed by atoms with Crippen LogP contribution >= 0.6 is 11.6 Å². The molecule has 0 aliphatic heterocycles. The first-order chi connectivity index (χ1) is 7.50. The third kappa shape index (κ3) is 2.94.